The molecule has 15 heavy (non-hydrogen) atoms. The first-order valence-electron chi connectivity index (χ1n) is 5.29. The molecule has 3 nitrogen and oxygen atoms in total. The maximum Gasteiger partial charge on any atom is 0.252 e. The van der Waals surface area contributed by atoms with Crippen LogP contribution >= 0.6 is 0 Å². The molecule has 0 radical (unpaired) electrons. The second-order valence-corrected chi connectivity index (χ2v) is 4.43. The zero-order valence-corrected chi connectivity index (χ0v) is 8.34. The van der Waals surface area contributed by atoms with Gasteiger partial charge in [0.05, 0.1) is 11.7 Å². The van der Waals surface area contributed by atoms with Crippen LogP contribution in [0.25, 0.3) is 0 Å². The second-order valence-electron chi connectivity index (χ2n) is 4.43. The van der Waals surface area contributed by atoms with Gasteiger partial charge in [0.25, 0.3) is 5.92 Å². The molecule has 0 spiro atoms. The predicted molar refractivity (Wildman–Crippen MR) is 50.9 cm³/mol. The molecule has 0 saturated heterocycles. The Balaban J connectivity index is 1.79. The Labute approximate surface area is 86.5 Å². The summed E-state index contributed by atoms with van der Waals surface area (Å²) in [4.78, 5) is 0. The topological polar surface area (TPSA) is 29.9 Å². The van der Waals surface area contributed by atoms with Gasteiger partial charge in [-0.25, -0.2) is 8.78 Å². The van der Waals surface area contributed by atoms with Gasteiger partial charge in [0, 0.05) is 44.1 Å². The molecule has 1 aliphatic heterocycles. The van der Waals surface area contributed by atoms with E-state index in [0.29, 0.717) is 0 Å². The van der Waals surface area contributed by atoms with Crippen LogP contribution in [0.3, 0.4) is 0 Å². The molecule has 1 aliphatic carbocycles. The third kappa shape index (κ3) is 1.55. The first-order chi connectivity index (χ1) is 7.14. The lowest BCUT2D eigenvalue weighted by molar-refractivity contribution is -0.107. The Bertz CT molecular complexity index is 355. The van der Waals surface area contributed by atoms with E-state index in [1.54, 1.807) is 4.68 Å². The predicted octanol–water partition coefficient (Wildman–Crippen LogP) is 1.50. The van der Waals surface area contributed by atoms with E-state index in [-0.39, 0.29) is 18.9 Å². The van der Waals surface area contributed by atoms with Crippen LogP contribution in [-0.4, -0.2) is 22.2 Å². The number of nitrogens with one attached hydrogen (secondary N) is 1. The largest absolute Gasteiger partial charge is 0.312 e. The third-order valence-electron chi connectivity index (χ3n) is 3.19. The Kier molecular flexibility index (Phi) is 1.86. The molecule has 2 heterocycles. The molecule has 1 saturated carbocycles. The van der Waals surface area contributed by atoms with Gasteiger partial charge in [-0.05, 0) is 0 Å². The number of alkyl halides is 2. The molecule has 1 N–H and O–H groups in total. The fourth-order valence-corrected chi connectivity index (χ4v) is 2.26. The van der Waals surface area contributed by atoms with Crippen molar-refractivity contribution < 1.29 is 8.78 Å². The highest BCUT2D eigenvalue weighted by Gasteiger charge is 2.46. The van der Waals surface area contributed by atoms with Gasteiger partial charge in [-0.3, -0.25) is 4.68 Å². The minimum Gasteiger partial charge on any atom is -0.312 e. The Hall–Kier alpha value is -0.970. The molecule has 0 unspecified atom stereocenters. The zero-order chi connectivity index (χ0) is 10.5. The summed E-state index contributed by atoms with van der Waals surface area (Å²) < 4.78 is 27.1. The number of fused-ring (bicyclic) bond motifs is 1. The minimum absolute atomic E-state index is 0.0546. The third-order valence-corrected chi connectivity index (χ3v) is 3.19. The number of rotatable bonds is 1. The van der Waals surface area contributed by atoms with Crippen molar-refractivity contribution in [3.63, 3.8) is 0 Å². The van der Waals surface area contributed by atoms with Crippen molar-refractivity contribution in [2.75, 3.05) is 6.54 Å². The molecule has 0 aromatic carbocycles. The van der Waals surface area contributed by atoms with Crippen LogP contribution in [0.15, 0.2) is 6.20 Å². The van der Waals surface area contributed by atoms with E-state index in [1.807, 2.05) is 6.20 Å². The number of halogens is 2. The van der Waals surface area contributed by atoms with E-state index < -0.39 is 5.92 Å². The van der Waals surface area contributed by atoms with Gasteiger partial charge in [-0.1, -0.05) is 0 Å². The van der Waals surface area contributed by atoms with Crippen molar-refractivity contribution in [1.82, 2.24) is 15.1 Å². The lowest BCUT2D eigenvalue weighted by atomic mass is 9.88. The van der Waals surface area contributed by atoms with Gasteiger partial charge >= 0.3 is 0 Å². The monoisotopic (exact) mass is 213 g/mol. The lowest BCUT2D eigenvalue weighted by Crippen LogP contribution is -2.37. The summed E-state index contributed by atoms with van der Waals surface area (Å²) >= 11 is 0. The Morgan fingerprint density at radius 1 is 1.47 bits per heavy atom. The molecule has 3 rings (SSSR count). The molecule has 0 amide bonds. The van der Waals surface area contributed by atoms with Crippen LogP contribution < -0.4 is 5.32 Å². The minimum atomic E-state index is -2.46. The van der Waals surface area contributed by atoms with Gasteiger partial charge in [0.2, 0.25) is 0 Å². The molecule has 0 bridgehead atoms. The summed E-state index contributed by atoms with van der Waals surface area (Å²) in [6.07, 6.45) is 2.72. The quantitative estimate of drug-likeness (QED) is 0.766. The van der Waals surface area contributed by atoms with E-state index in [1.165, 1.54) is 0 Å². The van der Waals surface area contributed by atoms with Crippen molar-refractivity contribution >= 4 is 0 Å². The van der Waals surface area contributed by atoms with Crippen molar-refractivity contribution in [3.8, 4) is 0 Å². The molecule has 1 aromatic heterocycles. The van der Waals surface area contributed by atoms with Crippen LogP contribution in [0, 0.1) is 0 Å². The van der Waals surface area contributed by atoms with Gasteiger partial charge in [-0.2, -0.15) is 5.10 Å². The standard InChI is InChI=1S/C10H13F2N3/c11-10(12)3-8(4-10)15-6-7-5-13-2-1-9(7)14-15/h6,8,13H,1-5H2. The normalized spacial score (nSPS) is 24.7. The first-order valence-corrected chi connectivity index (χ1v) is 5.29. The smallest absolute Gasteiger partial charge is 0.252 e. The molecule has 5 heteroatoms. The van der Waals surface area contributed by atoms with Crippen molar-refractivity contribution in [1.29, 1.82) is 0 Å². The summed E-state index contributed by atoms with van der Waals surface area (Å²) in [5.41, 5.74) is 2.24. The number of nitrogens with zero attached hydrogens (tertiary/aromatic N) is 2. The maximum atomic E-state index is 12.7. The number of hydrogen-bond donors (Lipinski definition) is 1. The highest BCUT2D eigenvalue weighted by atomic mass is 19.3. The summed E-state index contributed by atoms with van der Waals surface area (Å²) in [6.45, 7) is 1.75. The Morgan fingerprint density at radius 3 is 2.93 bits per heavy atom. The van der Waals surface area contributed by atoms with Crippen molar-refractivity contribution in [2.24, 2.45) is 0 Å². The van der Waals surface area contributed by atoms with E-state index in [0.717, 1.165) is 30.8 Å². The highest BCUT2D eigenvalue weighted by molar-refractivity contribution is 5.20. The van der Waals surface area contributed by atoms with Crippen LogP contribution in [0.1, 0.15) is 30.1 Å². The maximum absolute atomic E-state index is 12.7. The van der Waals surface area contributed by atoms with Gasteiger partial charge < -0.3 is 5.32 Å². The van der Waals surface area contributed by atoms with Crippen molar-refractivity contribution in [3.05, 3.63) is 17.5 Å². The van der Waals surface area contributed by atoms with Crippen LogP contribution in [-0.2, 0) is 13.0 Å². The zero-order valence-electron chi connectivity index (χ0n) is 8.34. The fraction of sp³-hybridized carbons (Fsp3) is 0.700. The fourth-order valence-electron chi connectivity index (χ4n) is 2.26. The van der Waals surface area contributed by atoms with E-state index >= 15 is 0 Å². The molecule has 2 aliphatic rings. The van der Waals surface area contributed by atoms with Gasteiger partial charge in [-0.15, -0.1) is 0 Å². The highest BCUT2D eigenvalue weighted by Crippen LogP contribution is 2.45. The summed E-state index contributed by atoms with van der Waals surface area (Å²) in [7, 11) is 0. The van der Waals surface area contributed by atoms with Crippen molar-refractivity contribution in [2.45, 2.75) is 37.8 Å². The summed E-state index contributed by atoms with van der Waals surface area (Å²) in [5, 5.41) is 7.63. The van der Waals surface area contributed by atoms with Crippen LogP contribution in [0.5, 0.6) is 0 Å². The molecular formula is C10H13F2N3. The van der Waals surface area contributed by atoms with Gasteiger partial charge in [0.15, 0.2) is 0 Å². The Morgan fingerprint density at radius 2 is 2.27 bits per heavy atom. The van der Waals surface area contributed by atoms with Gasteiger partial charge in [0.1, 0.15) is 0 Å². The van der Waals surface area contributed by atoms with E-state index in [4.69, 9.17) is 0 Å². The molecule has 0 atom stereocenters. The van der Waals surface area contributed by atoms with E-state index in [2.05, 4.69) is 10.4 Å². The second kappa shape index (κ2) is 3.01. The van der Waals surface area contributed by atoms with Crippen LogP contribution in [0.4, 0.5) is 8.78 Å². The van der Waals surface area contributed by atoms with E-state index in [9.17, 15) is 8.78 Å². The molecule has 1 fully saturated rings. The average Bonchev–Trinajstić information content (AvgIpc) is 2.56. The lowest BCUT2D eigenvalue weighted by Gasteiger charge is -2.34. The summed E-state index contributed by atoms with van der Waals surface area (Å²) in [5.74, 6) is -2.46. The molecular weight excluding hydrogens is 200 g/mol. The number of aromatic nitrogens is 2. The average molecular weight is 213 g/mol. The number of hydrogen-bond acceptors (Lipinski definition) is 2. The first kappa shape index (κ1) is 9.27. The summed E-state index contributed by atoms with van der Waals surface area (Å²) in [6, 6.07) is -0.0920. The molecule has 82 valence electrons. The van der Waals surface area contributed by atoms with Crippen LogP contribution in [0.2, 0.25) is 0 Å². The SMILES string of the molecule is FC1(F)CC(n2cc3c(n2)CCNC3)C1. The molecule has 1 aromatic rings.